The third kappa shape index (κ3) is 1.40. The van der Waals surface area contributed by atoms with Crippen LogP contribution in [0.1, 0.15) is 5.56 Å². The zero-order chi connectivity index (χ0) is 9.30. The molecule has 0 bridgehead atoms. The van der Waals surface area contributed by atoms with Gasteiger partial charge in [-0.1, -0.05) is 0 Å². The number of halogens is 1. The summed E-state index contributed by atoms with van der Waals surface area (Å²) in [7, 11) is 0. The van der Waals surface area contributed by atoms with E-state index in [4.69, 9.17) is 5.73 Å². The number of nitrogen functional groups attached to an aromatic ring is 1. The summed E-state index contributed by atoms with van der Waals surface area (Å²) >= 11 is 3.11. The molecule has 0 saturated heterocycles. The number of nitro groups is 1. The molecule has 0 atom stereocenters. The van der Waals surface area contributed by atoms with Crippen LogP contribution in [0.4, 0.5) is 11.4 Å². The third-order valence-corrected chi connectivity index (χ3v) is 2.61. The van der Waals surface area contributed by atoms with Gasteiger partial charge in [-0.25, -0.2) is 0 Å². The molecule has 0 aliphatic carbocycles. The van der Waals surface area contributed by atoms with Gasteiger partial charge in [-0.15, -0.1) is 0 Å². The minimum Gasteiger partial charge on any atom is -0.398 e. The molecule has 0 aromatic heterocycles. The summed E-state index contributed by atoms with van der Waals surface area (Å²) in [6, 6.07) is 2.91. The zero-order valence-corrected chi connectivity index (χ0v) is 7.96. The van der Waals surface area contributed by atoms with Crippen molar-refractivity contribution in [2.24, 2.45) is 0 Å². The molecule has 0 unspecified atom stereocenters. The molecule has 5 heteroatoms. The van der Waals surface area contributed by atoms with Gasteiger partial charge in [-0.3, -0.25) is 10.1 Å². The van der Waals surface area contributed by atoms with Crippen molar-refractivity contribution in [1.82, 2.24) is 0 Å². The van der Waals surface area contributed by atoms with Crippen molar-refractivity contribution in [2.75, 3.05) is 5.73 Å². The monoisotopic (exact) mass is 230 g/mol. The van der Waals surface area contributed by atoms with E-state index in [-0.39, 0.29) is 5.69 Å². The van der Waals surface area contributed by atoms with Crippen LogP contribution in [0.3, 0.4) is 0 Å². The highest BCUT2D eigenvalue weighted by Crippen LogP contribution is 2.31. The SMILES string of the molecule is Cc1c(N)ccc([N+](=O)[O-])c1Br. The van der Waals surface area contributed by atoms with Crippen LogP contribution in [0.2, 0.25) is 0 Å². The lowest BCUT2D eigenvalue weighted by Gasteiger charge is -2.02. The van der Waals surface area contributed by atoms with Crippen molar-refractivity contribution in [1.29, 1.82) is 0 Å². The van der Waals surface area contributed by atoms with Crippen molar-refractivity contribution >= 4 is 27.3 Å². The van der Waals surface area contributed by atoms with Crippen molar-refractivity contribution in [3.63, 3.8) is 0 Å². The Bertz CT molecular complexity index is 338. The highest BCUT2D eigenvalue weighted by molar-refractivity contribution is 9.10. The Labute approximate surface area is 77.7 Å². The maximum Gasteiger partial charge on any atom is 0.283 e. The van der Waals surface area contributed by atoms with Crippen LogP contribution in [0, 0.1) is 17.0 Å². The Morgan fingerprint density at radius 3 is 2.67 bits per heavy atom. The number of benzene rings is 1. The van der Waals surface area contributed by atoms with E-state index < -0.39 is 4.92 Å². The Balaban J connectivity index is 3.36. The summed E-state index contributed by atoms with van der Waals surface area (Å²) in [5.74, 6) is 0. The topological polar surface area (TPSA) is 69.2 Å². The molecule has 12 heavy (non-hydrogen) atoms. The molecule has 0 amide bonds. The molecule has 0 radical (unpaired) electrons. The molecule has 0 saturated carbocycles. The van der Waals surface area contributed by atoms with Crippen LogP contribution >= 0.6 is 15.9 Å². The van der Waals surface area contributed by atoms with E-state index in [2.05, 4.69) is 15.9 Å². The minimum atomic E-state index is -0.448. The number of nitrogens with zero attached hydrogens (tertiary/aromatic N) is 1. The fraction of sp³-hybridized carbons (Fsp3) is 0.143. The summed E-state index contributed by atoms with van der Waals surface area (Å²) in [5.41, 5.74) is 6.83. The highest BCUT2D eigenvalue weighted by atomic mass is 79.9. The lowest BCUT2D eigenvalue weighted by molar-refractivity contribution is -0.385. The van der Waals surface area contributed by atoms with Gasteiger partial charge in [0, 0.05) is 11.8 Å². The Morgan fingerprint density at radius 2 is 2.17 bits per heavy atom. The van der Waals surface area contributed by atoms with Gasteiger partial charge in [-0.2, -0.15) is 0 Å². The largest absolute Gasteiger partial charge is 0.398 e. The van der Waals surface area contributed by atoms with Crippen LogP contribution in [-0.2, 0) is 0 Å². The van der Waals surface area contributed by atoms with Gasteiger partial charge >= 0.3 is 0 Å². The summed E-state index contributed by atoms with van der Waals surface area (Å²) in [6.45, 7) is 1.73. The summed E-state index contributed by atoms with van der Waals surface area (Å²) < 4.78 is 0.451. The van der Waals surface area contributed by atoms with Crippen molar-refractivity contribution in [3.8, 4) is 0 Å². The minimum absolute atomic E-state index is 0.0432. The Hall–Kier alpha value is -1.10. The molecule has 1 aromatic carbocycles. The summed E-state index contributed by atoms with van der Waals surface area (Å²) in [6.07, 6.45) is 0. The number of rotatable bonds is 1. The fourth-order valence-corrected chi connectivity index (χ4v) is 1.33. The number of hydrogen-bond donors (Lipinski definition) is 1. The van der Waals surface area contributed by atoms with Crippen molar-refractivity contribution in [3.05, 3.63) is 32.3 Å². The molecule has 1 aromatic rings. The van der Waals surface area contributed by atoms with Crippen LogP contribution in [-0.4, -0.2) is 4.92 Å². The number of nitrogens with two attached hydrogens (primary N) is 1. The number of nitro benzene ring substituents is 1. The summed E-state index contributed by atoms with van der Waals surface area (Å²) in [5, 5.41) is 10.4. The van der Waals surface area contributed by atoms with Crippen LogP contribution in [0.15, 0.2) is 16.6 Å². The standard InChI is InChI=1S/C7H7BrN2O2/c1-4-5(9)2-3-6(7(4)8)10(11)12/h2-3H,9H2,1H3. The van der Waals surface area contributed by atoms with Gasteiger partial charge in [0.25, 0.3) is 5.69 Å². The lowest BCUT2D eigenvalue weighted by Crippen LogP contribution is -1.95. The van der Waals surface area contributed by atoms with E-state index in [0.29, 0.717) is 15.7 Å². The van der Waals surface area contributed by atoms with E-state index in [1.54, 1.807) is 6.92 Å². The van der Waals surface area contributed by atoms with Gasteiger partial charge in [-0.05, 0) is 34.5 Å². The predicted octanol–water partition coefficient (Wildman–Crippen LogP) is 2.25. The molecule has 0 heterocycles. The molecule has 0 fully saturated rings. The smallest absolute Gasteiger partial charge is 0.283 e. The van der Waals surface area contributed by atoms with Gasteiger partial charge in [0.05, 0.1) is 4.92 Å². The zero-order valence-electron chi connectivity index (χ0n) is 6.37. The van der Waals surface area contributed by atoms with E-state index in [0.717, 1.165) is 0 Å². The quantitative estimate of drug-likeness (QED) is 0.457. The molecule has 0 aliphatic heterocycles. The highest BCUT2D eigenvalue weighted by Gasteiger charge is 2.14. The van der Waals surface area contributed by atoms with Gasteiger partial charge in [0.2, 0.25) is 0 Å². The molecular formula is C7H7BrN2O2. The van der Waals surface area contributed by atoms with Crippen LogP contribution in [0.25, 0.3) is 0 Å². The number of anilines is 1. The summed E-state index contributed by atoms with van der Waals surface area (Å²) in [4.78, 5) is 9.97. The van der Waals surface area contributed by atoms with Crippen LogP contribution in [0.5, 0.6) is 0 Å². The maximum absolute atomic E-state index is 10.4. The van der Waals surface area contributed by atoms with Crippen molar-refractivity contribution in [2.45, 2.75) is 6.92 Å². The predicted molar refractivity (Wildman–Crippen MR) is 49.9 cm³/mol. The molecule has 64 valence electrons. The second-order valence-electron chi connectivity index (χ2n) is 2.37. The normalized spacial score (nSPS) is 9.83. The molecular weight excluding hydrogens is 224 g/mol. The molecule has 1 rings (SSSR count). The van der Waals surface area contributed by atoms with Gasteiger partial charge in [0.15, 0.2) is 0 Å². The maximum atomic E-state index is 10.4. The third-order valence-electron chi connectivity index (χ3n) is 1.60. The van der Waals surface area contributed by atoms with E-state index in [1.807, 2.05) is 0 Å². The average Bonchev–Trinajstić information content (AvgIpc) is 2.00. The average molecular weight is 231 g/mol. The van der Waals surface area contributed by atoms with Crippen molar-refractivity contribution < 1.29 is 4.92 Å². The van der Waals surface area contributed by atoms with E-state index in [9.17, 15) is 10.1 Å². The number of hydrogen-bond acceptors (Lipinski definition) is 3. The Kier molecular flexibility index (Phi) is 2.32. The first-order chi connectivity index (χ1) is 5.54. The van der Waals surface area contributed by atoms with Crippen LogP contribution < -0.4 is 5.73 Å². The Morgan fingerprint density at radius 1 is 1.58 bits per heavy atom. The molecule has 0 spiro atoms. The first-order valence-electron chi connectivity index (χ1n) is 3.23. The van der Waals surface area contributed by atoms with Gasteiger partial charge < -0.3 is 5.73 Å². The second kappa shape index (κ2) is 3.10. The molecule has 2 N–H and O–H groups in total. The molecule has 0 aliphatic rings. The van der Waals surface area contributed by atoms with E-state index in [1.165, 1.54) is 12.1 Å². The lowest BCUT2D eigenvalue weighted by atomic mass is 10.2. The fourth-order valence-electron chi connectivity index (χ4n) is 0.827. The second-order valence-corrected chi connectivity index (χ2v) is 3.16. The first kappa shape index (κ1) is 8.99. The van der Waals surface area contributed by atoms with E-state index >= 15 is 0 Å². The molecule has 4 nitrogen and oxygen atoms in total. The van der Waals surface area contributed by atoms with Gasteiger partial charge in [0.1, 0.15) is 4.47 Å². The first-order valence-corrected chi connectivity index (χ1v) is 4.02.